The number of amides is 1. The number of pyridine rings is 1. The minimum absolute atomic E-state index is 0.0894. The number of nitrogens with zero attached hydrogens (tertiary/aromatic N) is 2. The summed E-state index contributed by atoms with van der Waals surface area (Å²) in [6, 6.07) is 1.45. The summed E-state index contributed by atoms with van der Waals surface area (Å²) in [5.74, 6) is 0.220. The molecule has 136 valence electrons. The second-order valence-corrected chi connectivity index (χ2v) is 7.57. The van der Waals surface area contributed by atoms with E-state index in [4.69, 9.17) is 9.47 Å². The quantitative estimate of drug-likeness (QED) is 0.821. The number of halogens is 1. The maximum absolute atomic E-state index is 13.9. The molecule has 2 aliphatic carbocycles. The van der Waals surface area contributed by atoms with Gasteiger partial charge in [0.1, 0.15) is 0 Å². The van der Waals surface area contributed by atoms with Crippen LogP contribution in [0.25, 0.3) is 0 Å². The maximum atomic E-state index is 13.9. The molecular formula is C19H25FN2O3. The van der Waals surface area contributed by atoms with E-state index in [0.29, 0.717) is 32.2 Å². The third-order valence-corrected chi connectivity index (χ3v) is 5.77. The first-order chi connectivity index (χ1) is 12.2. The molecule has 3 fully saturated rings. The van der Waals surface area contributed by atoms with E-state index in [9.17, 15) is 9.18 Å². The zero-order valence-electron chi connectivity index (χ0n) is 14.5. The zero-order chi connectivity index (χ0) is 17.3. The molecule has 1 amide bonds. The number of hydrogen-bond donors (Lipinski definition) is 0. The molecule has 2 saturated carbocycles. The third-order valence-electron chi connectivity index (χ3n) is 5.77. The second-order valence-electron chi connectivity index (χ2n) is 7.57. The number of hydrogen-bond acceptors (Lipinski definition) is 4. The summed E-state index contributed by atoms with van der Waals surface area (Å²) in [6.07, 6.45) is 8.20. The Balaban J connectivity index is 1.43. The molecule has 0 N–H and O–H groups in total. The summed E-state index contributed by atoms with van der Waals surface area (Å²) in [5.41, 5.74) is -0.243. The number of rotatable bonds is 5. The molecule has 1 aliphatic heterocycles. The Morgan fingerprint density at radius 1 is 1.40 bits per heavy atom. The molecule has 0 bridgehead atoms. The van der Waals surface area contributed by atoms with Gasteiger partial charge in [0, 0.05) is 25.3 Å². The summed E-state index contributed by atoms with van der Waals surface area (Å²) in [4.78, 5) is 18.2. The number of carbonyl (C=O) groups excluding carboxylic acids is 1. The highest BCUT2D eigenvalue weighted by Gasteiger charge is 2.48. The average molecular weight is 348 g/mol. The van der Waals surface area contributed by atoms with Crippen LogP contribution < -0.4 is 0 Å². The van der Waals surface area contributed by atoms with Crippen molar-refractivity contribution in [2.45, 2.75) is 37.7 Å². The van der Waals surface area contributed by atoms with Gasteiger partial charge in [-0.15, -0.1) is 0 Å². The Labute approximate surface area is 147 Å². The molecule has 25 heavy (non-hydrogen) atoms. The summed E-state index contributed by atoms with van der Waals surface area (Å²) in [7, 11) is 0. The molecule has 0 unspecified atom stereocenters. The van der Waals surface area contributed by atoms with E-state index < -0.39 is 5.82 Å². The van der Waals surface area contributed by atoms with E-state index >= 15 is 0 Å². The highest BCUT2D eigenvalue weighted by molar-refractivity contribution is 5.94. The lowest BCUT2D eigenvalue weighted by Gasteiger charge is -2.44. The van der Waals surface area contributed by atoms with Gasteiger partial charge < -0.3 is 14.4 Å². The first-order valence-corrected chi connectivity index (χ1v) is 9.28. The molecule has 1 spiro atoms. The molecule has 0 aromatic carbocycles. The van der Waals surface area contributed by atoms with Crippen LogP contribution >= 0.6 is 0 Å². The van der Waals surface area contributed by atoms with Crippen LogP contribution in [0.1, 0.15) is 42.5 Å². The van der Waals surface area contributed by atoms with Crippen molar-refractivity contribution in [3.63, 3.8) is 0 Å². The summed E-state index contributed by atoms with van der Waals surface area (Å²) >= 11 is 0. The first-order valence-electron chi connectivity index (χ1n) is 9.28. The summed E-state index contributed by atoms with van der Waals surface area (Å²) < 4.78 is 26.0. The van der Waals surface area contributed by atoms with Gasteiger partial charge in [0.05, 0.1) is 37.1 Å². The standard InChI is InChI=1S/C19H25FN2O3/c20-17-10-21-7-5-16(17)18(23)22-8-9-25-19(13-22)6-1-2-15(19)12-24-11-14-3-4-14/h5,7,10,14-15H,1-4,6,8-9,11-13H2/t15-,19+/m0/s1. The number of aromatic nitrogens is 1. The minimum atomic E-state index is -0.566. The van der Waals surface area contributed by atoms with Gasteiger partial charge >= 0.3 is 0 Å². The molecule has 5 nitrogen and oxygen atoms in total. The smallest absolute Gasteiger partial charge is 0.257 e. The first kappa shape index (κ1) is 16.9. The van der Waals surface area contributed by atoms with Crippen molar-refractivity contribution in [1.29, 1.82) is 0 Å². The van der Waals surface area contributed by atoms with Gasteiger partial charge in [0.15, 0.2) is 5.82 Å². The lowest BCUT2D eigenvalue weighted by molar-refractivity contribution is -0.133. The van der Waals surface area contributed by atoms with Crippen molar-refractivity contribution in [1.82, 2.24) is 9.88 Å². The van der Waals surface area contributed by atoms with Gasteiger partial charge in [-0.3, -0.25) is 9.78 Å². The molecule has 2 heterocycles. The molecule has 4 rings (SSSR count). The molecule has 2 atom stereocenters. The lowest BCUT2D eigenvalue weighted by atomic mass is 9.89. The van der Waals surface area contributed by atoms with Gasteiger partial charge in [0.25, 0.3) is 5.91 Å². The van der Waals surface area contributed by atoms with Crippen LogP contribution in [-0.4, -0.2) is 54.3 Å². The van der Waals surface area contributed by atoms with Crippen molar-refractivity contribution in [3.05, 3.63) is 29.8 Å². The van der Waals surface area contributed by atoms with Crippen LogP contribution in [0.3, 0.4) is 0 Å². The van der Waals surface area contributed by atoms with Crippen LogP contribution in [0.2, 0.25) is 0 Å². The fourth-order valence-corrected chi connectivity index (χ4v) is 4.11. The van der Waals surface area contributed by atoms with Crippen LogP contribution in [-0.2, 0) is 9.47 Å². The van der Waals surface area contributed by atoms with Crippen LogP contribution in [0.15, 0.2) is 18.5 Å². The van der Waals surface area contributed by atoms with E-state index in [-0.39, 0.29) is 17.1 Å². The fraction of sp³-hybridized carbons (Fsp3) is 0.684. The van der Waals surface area contributed by atoms with Gasteiger partial charge in [-0.1, -0.05) is 6.42 Å². The largest absolute Gasteiger partial charge is 0.381 e. The summed E-state index contributed by atoms with van der Waals surface area (Å²) in [6.45, 7) is 3.06. The Kier molecular flexibility index (Phi) is 4.73. The second kappa shape index (κ2) is 7.00. The van der Waals surface area contributed by atoms with E-state index in [1.54, 1.807) is 4.90 Å². The SMILES string of the molecule is O=C(c1ccncc1F)N1CCO[C@]2(CCC[C@H]2COCC2CC2)C1. The van der Waals surface area contributed by atoms with Gasteiger partial charge in [-0.2, -0.15) is 0 Å². The predicted octanol–water partition coefficient (Wildman–Crippen LogP) is 2.66. The van der Waals surface area contributed by atoms with Crippen LogP contribution in [0.5, 0.6) is 0 Å². The van der Waals surface area contributed by atoms with Crippen molar-refractivity contribution < 1.29 is 18.7 Å². The topological polar surface area (TPSA) is 51.7 Å². The Morgan fingerprint density at radius 2 is 2.28 bits per heavy atom. The number of ether oxygens (including phenoxy) is 2. The Bertz CT molecular complexity index is 637. The average Bonchev–Trinajstić information content (AvgIpc) is 3.38. The van der Waals surface area contributed by atoms with Crippen molar-refractivity contribution in [3.8, 4) is 0 Å². The molecule has 0 radical (unpaired) electrons. The minimum Gasteiger partial charge on any atom is -0.381 e. The van der Waals surface area contributed by atoms with Gasteiger partial charge in [-0.25, -0.2) is 4.39 Å². The van der Waals surface area contributed by atoms with E-state index in [1.165, 1.54) is 25.1 Å². The normalized spacial score (nSPS) is 29.3. The molecular weight excluding hydrogens is 323 g/mol. The molecule has 6 heteroatoms. The predicted molar refractivity (Wildman–Crippen MR) is 89.7 cm³/mol. The molecule has 3 aliphatic rings. The highest BCUT2D eigenvalue weighted by Crippen LogP contribution is 2.42. The molecule has 1 aromatic heterocycles. The number of morpholine rings is 1. The van der Waals surface area contributed by atoms with Crippen molar-refractivity contribution in [2.24, 2.45) is 11.8 Å². The van der Waals surface area contributed by atoms with Gasteiger partial charge in [0.2, 0.25) is 0 Å². The number of carbonyl (C=O) groups is 1. The van der Waals surface area contributed by atoms with E-state index in [2.05, 4.69) is 4.98 Å². The zero-order valence-corrected chi connectivity index (χ0v) is 14.5. The Hall–Kier alpha value is -1.53. The highest BCUT2D eigenvalue weighted by atomic mass is 19.1. The van der Waals surface area contributed by atoms with Crippen LogP contribution in [0.4, 0.5) is 4.39 Å². The third kappa shape index (κ3) is 3.55. The summed E-state index contributed by atoms with van der Waals surface area (Å²) in [5, 5.41) is 0. The van der Waals surface area contributed by atoms with Crippen molar-refractivity contribution >= 4 is 5.91 Å². The van der Waals surface area contributed by atoms with E-state index in [0.717, 1.165) is 38.0 Å². The fourth-order valence-electron chi connectivity index (χ4n) is 4.11. The Morgan fingerprint density at radius 3 is 3.08 bits per heavy atom. The lowest BCUT2D eigenvalue weighted by Crippen LogP contribution is -2.56. The molecule has 1 saturated heterocycles. The maximum Gasteiger partial charge on any atom is 0.257 e. The van der Waals surface area contributed by atoms with Gasteiger partial charge in [-0.05, 0) is 37.7 Å². The van der Waals surface area contributed by atoms with E-state index in [1.807, 2.05) is 0 Å². The monoisotopic (exact) mass is 348 g/mol. The van der Waals surface area contributed by atoms with Crippen LogP contribution in [0, 0.1) is 17.7 Å². The van der Waals surface area contributed by atoms with Crippen molar-refractivity contribution in [2.75, 3.05) is 32.9 Å². The molecule has 1 aromatic rings.